The number of carboxylic acids is 1. The van der Waals surface area contributed by atoms with Crippen molar-refractivity contribution in [3.63, 3.8) is 0 Å². The van der Waals surface area contributed by atoms with Gasteiger partial charge in [0.1, 0.15) is 13.2 Å². The lowest BCUT2D eigenvalue weighted by Gasteiger charge is -2.26. The molecule has 0 saturated heterocycles. The Labute approximate surface area is 463 Å². The predicted molar refractivity (Wildman–Crippen MR) is 315 cm³/mol. The molecule has 0 aromatic rings. The standard InChI is InChI=1S/C66H121NO8/c1-6-8-10-12-14-16-18-19-20-21-22-23-24-25-26-27-28-29-30-31-32-33-34-35-36-37-38-39-40-41-42-43-44-45-47-49-51-53-55-57-64(69)75-62(61-74-66(65(70)71)72-59-58-67(3,4)5)60-73-63(68)56-54-52-50-48-46-17-15-13-11-9-7-2/h8,10,14,16,19-20,22-23,62,66H,6-7,9,11-13,15,17-18,21,24-61H2,1-5H3/b10-8-,16-14-,20-19-,23-22-. The van der Waals surface area contributed by atoms with Crippen LogP contribution in [0.3, 0.4) is 0 Å². The van der Waals surface area contributed by atoms with Gasteiger partial charge in [0.15, 0.2) is 12.4 Å². The van der Waals surface area contributed by atoms with Gasteiger partial charge in [-0.3, -0.25) is 9.59 Å². The number of carbonyl (C=O) groups is 3. The highest BCUT2D eigenvalue weighted by Crippen LogP contribution is 2.18. The zero-order chi connectivity index (χ0) is 54.8. The fraction of sp³-hybridized carbons (Fsp3) is 0.833. The quantitative estimate of drug-likeness (QED) is 0.0195. The molecule has 9 heteroatoms. The summed E-state index contributed by atoms with van der Waals surface area (Å²) in [4.78, 5) is 37.2. The molecule has 0 aliphatic rings. The van der Waals surface area contributed by atoms with E-state index in [2.05, 4.69) is 62.5 Å². The number of unbranched alkanes of at least 4 members (excludes halogenated alkanes) is 36. The predicted octanol–water partition coefficient (Wildman–Crippen LogP) is 17.7. The van der Waals surface area contributed by atoms with Gasteiger partial charge in [-0.15, -0.1) is 0 Å². The van der Waals surface area contributed by atoms with E-state index in [9.17, 15) is 19.5 Å². The van der Waals surface area contributed by atoms with E-state index < -0.39 is 24.3 Å². The van der Waals surface area contributed by atoms with Gasteiger partial charge in [0.2, 0.25) is 0 Å². The number of aliphatic carboxylic acids is 1. The van der Waals surface area contributed by atoms with Gasteiger partial charge in [-0.25, -0.2) is 0 Å². The second kappa shape index (κ2) is 57.4. The van der Waals surface area contributed by atoms with Crippen LogP contribution in [0.15, 0.2) is 48.6 Å². The molecular weight excluding hydrogens is 935 g/mol. The molecule has 438 valence electrons. The molecule has 2 atom stereocenters. The molecule has 9 nitrogen and oxygen atoms in total. The van der Waals surface area contributed by atoms with Crippen molar-refractivity contribution in [3.05, 3.63) is 48.6 Å². The van der Waals surface area contributed by atoms with Crippen LogP contribution in [-0.4, -0.2) is 82.3 Å². The Morgan fingerprint density at radius 2 is 0.760 bits per heavy atom. The van der Waals surface area contributed by atoms with Crippen molar-refractivity contribution in [2.45, 2.75) is 309 Å². The Kier molecular flexibility index (Phi) is 55.3. The number of rotatable bonds is 59. The summed E-state index contributed by atoms with van der Waals surface area (Å²) < 4.78 is 22.7. The summed E-state index contributed by atoms with van der Waals surface area (Å²) in [5, 5.41) is 11.8. The van der Waals surface area contributed by atoms with Crippen LogP contribution in [0.25, 0.3) is 0 Å². The number of ether oxygens (including phenoxy) is 4. The second-order valence-corrected chi connectivity index (χ2v) is 22.7. The first kappa shape index (κ1) is 72.2. The van der Waals surface area contributed by atoms with E-state index >= 15 is 0 Å². The summed E-state index contributed by atoms with van der Waals surface area (Å²) in [6, 6.07) is 0. The summed E-state index contributed by atoms with van der Waals surface area (Å²) in [5.41, 5.74) is 0. The zero-order valence-corrected chi connectivity index (χ0v) is 49.9. The lowest BCUT2D eigenvalue weighted by molar-refractivity contribution is -0.870. The van der Waals surface area contributed by atoms with Gasteiger partial charge in [-0.1, -0.05) is 281 Å². The zero-order valence-electron chi connectivity index (χ0n) is 49.9. The maximum absolute atomic E-state index is 12.9. The normalized spacial score (nSPS) is 13.0. The molecule has 0 radical (unpaired) electrons. The minimum Gasteiger partial charge on any atom is -0.545 e. The van der Waals surface area contributed by atoms with Crippen LogP contribution in [0, 0.1) is 0 Å². The summed E-state index contributed by atoms with van der Waals surface area (Å²) in [6.07, 6.45) is 69.2. The van der Waals surface area contributed by atoms with Gasteiger partial charge in [-0.05, 0) is 51.4 Å². The van der Waals surface area contributed by atoms with E-state index in [-0.39, 0.29) is 32.2 Å². The van der Waals surface area contributed by atoms with Crippen LogP contribution < -0.4 is 5.11 Å². The maximum Gasteiger partial charge on any atom is 0.306 e. The van der Waals surface area contributed by atoms with Crippen LogP contribution in [0.4, 0.5) is 0 Å². The topological polar surface area (TPSA) is 111 Å². The highest BCUT2D eigenvalue weighted by atomic mass is 16.7. The highest BCUT2D eigenvalue weighted by Gasteiger charge is 2.22. The van der Waals surface area contributed by atoms with E-state index in [0.717, 1.165) is 64.2 Å². The number of likely N-dealkylation sites (N-methyl/N-ethyl adjacent to an activating group) is 1. The molecule has 0 saturated carbocycles. The molecule has 2 unspecified atom stereocenters. The van der Waals surface area contributed by atoms with Crippen LogP contribution >= 0.6 is 0 Å². The average Bonchev–Trinajstić information content (AvgIpc) is 3.38. The number of quaternary nitrogens is 1. The number of allylic oxidation sites excluding steroid dienone is 8. The van der Waals surface area contributed by atoms with E-state index in [1.54, 1.807) is 0 Å². The average molecular weight is 1060 g/mol. The molecule has 0 spiro atoms. The maximum atomic E-state index is 12.9. The van der Waals surface area contributed by atoms with Crippen LogP contribution in [-0.2, 0) is 33.3 Å². The molecule has 0 N–H and O–H groups in total. The van der Waals surface area contributed by atoms with Crippen molar-refractivity contribution in [2.75, 3.05) is 47.5 Å². The molecule has 0 fully saturated rings. The molecule has 0 aliphatic carbocycles. The van der Waals surface area contributed by atoms with Crippen molar-refractivity contribution in [3.8, 4) is 0 Å². The monoisotopic (exact) mass is 1060 g/mol. The first-order valence-corrected chi connectivity index (χ1v) is 31.8. The Bertz CT molecular complexity index is 1370. The van der Waals surface area contributed by atoms with Crippen molar-refractivity contribution in [1.29, 1.82) is 0 Å². The van der Waals surface area contributed by atoms with Crippen molar-refractivity contribution >= 4 is 17.9 Å². The van der Waals surface area contributed by atoms with Crippen LogP contribution in [0.2, 0.25) is 0 Å². The van der Waals surface area contributed by atoms with Gasteiger partial charge in [0.05, 0.1) is 40.3 Å². The van der Waals surface area contributed by atoms with Gasteiger partial charge < -0.3 is 33.3 Å². The third-order valence-electron chi connectivity index (χ3n) is 14.1. The van der Waals surface area contributed by atoms with Gasteiger partial charge in [0, 0.05) is 12.8 Å². The molecule has 0 aliphatic heterocycles. The Balaban J connectivity index is 3.89. The molecule has 0 bridgehead atoms. The summed E-state index contributed by atoms with van der Waals surface area (Å²) in [5.74, 6) is -2.26. The van der Waals surface area contributed by atoms with Gasteiger partial charge in [-0.2, -0.15) is 0 Å². The number of hydrogen-bond acceptors (Lipinski definition) is 8. The SMILES string of the molecule is CC/C=C\C/C=C\C/C=C\C/C=C\CCCCCCCCCCCCCCCCCCCCCCCCCCCCC(=O)OC(COC(=O)CCCCCCCCCCCCC)COC(OCC[N+](C)(C)C)C(=O)[O-]. The number of nitrogens with zero attached hydrogens (tertiary/aromatic N) is 1. The van der Waals surface area contributed by atoms with Gasteiger partial charge >= 0.3 is 11.9 Å². The third-order valence-corrected chi connectivity index (χ3v) is 14.1. The molecule has 0 aromatic heterocycles. The lowest BCUT2D eigenvalue weighted by atomic mass is 10.0. The van der Waals surface area contributed by atoms with E-state index in [1.807, 2.05) is 21.1 Å². The first-order valence-electron chi connectivity index (χ1n) is 31.8. The van der Waals surface area contributed by atoms with Gasteiger partial charge in [0.25, 0.3) is 0 Å². The summed E-state index contributed by atoms with van der Waals surface area (Å²) in [7, 11) is 5.93. The highest BCUT2D eigenvalue weighted by molar-refractivity contribution is 5.70. The van der Waals surface area contributed by atoms with E-state index in [1.165, 1.54) is 205 Å². The van der Waals surface area contributed by atoms with E-state index in [0.29, 0.717) is 17.4 Å². The molecule has 0 amide bonds. The van der Waals surface area contributed by atoms with Crippen molar-refractivity contribution in [2.24, 2.45) is 0 Å². The Morgan fingerprint density at radius 3 is 1.13 bits per heavy atom. The van der Waals surface area contributed by atoms with E-state index in [4.69, 9.17) is 18.9 Å². The molecule has 75 heavy (non-hydrogen) atoms. The van der Waals surface area contributed by atoms with Crippen LogP contribution in [0.5, 0.6) is 0 Å². The largest absolute Gasteiger partial charge is 0.545 e. The molecular formula is C66H121NO8. The number of carboxylic acid groups (broad SMARTS) is 1. The van der Waals surface area contributed by atoms with Crippen molar-refractivity contribution < 1.29 is 42.9 Å². The molecule has 0 heterocycles. The van der Waals surface area contributed by atoms with Crippen LogP contribution in [0.1, 0.15) is 296 Å². The molecule has 0 rings (SSSR count). The summed E-state index contributed by atoms with van der Waals surface area (Å²) in [6.45, 7) is 4.66. The Hall–Kier alpha value is -2.75. The number of carbonyl (C=O) groups excluding carboxylic acids is 3. The fourth-order valence-electron chi connectivity index (χ4n) is 9.24. The second-order valence-electron chi connectivity index (χ2n) is 22.7. The minimum absolute atomic E-state index is 0.151. The fourth-order valence-corrected chi connectivity index (χ4v) is 9.24. The molecule has 0 aromatic carbocycles. The number of esters is 2. The number of hydrogen-bond donors (Lipinski definition) is 0. The van der Waals surface area contributed by atoms with Crippen molar-refractivity contribution in [1.82, 2.24) is 0 Å². The lowest BCUT2D eigenvalue weighted by Crippen LogP contribution is -2.44. The first-order chi connectivity index (χ1) is 36.6. The Morgan fingerprint density at radius 1 is 0.413 bits per heavy atom. The minimum atomic E-state index is -1.62. The third kappa shape index (κ3) is 58.8. The smallest absolute Gasteiger partial charge is 0.306 e. The summed E-state index contributed by atoms with van der Waals surface area (Å²) >= 11 is 0.